The van der Waals surface area contributed by atoms with E-state index in [1.54, 1.807) is 29.2 Å². The number of hydrogen-bond acceptors (Lipinski definition) is 9. The molecule has 2 saturated heterocycles. The molecule has 6 atom stereocenters. The van der Waals surface area contributed by atoms with Gasteiger partial charge in [0.1, 0.15) is 35.6 Å². The van der Waals surface area contributed by atoms with Crippen LogP contribution >= 0.6 is 46.4 Å². The molecule has 2 aromatic heterocycles. The summed E-state index contributed by atoms with van der Waals surface area (Å²) in [5, 5.41) is 16.2. The Balaban J connectivity index is 1.17. The van der Waals surface area contributed by atoms with E-state index in [1.807, 2.05) is 34.6 Å². The molecule has 9 N–H and O–H groups in total. The van der Waals surface area contributed by atoms with Gasteiger partial charge in [-0.15, -0.1) is 0 Å². The molecule has 4 heterocycles. The minimum absolute atomic E-state index is 0.0331. The maximum atomic E-state index is 14.3. The van der Waals surface area contributed by atoms with Crippen molar-refractivity contribution in [3.05, 3.63) is 67.9 Å². The molecule has 0 unspecified atom stereocenters. The highest BCUT2D eigenvalue weighted by Crippen LogP contribution is 2.33. The van der Waals surface area contributed by atoms with Crippen molar-refractivity contribution in [1.82, 2.24) is 41.5 Å². The van der Waals surface area contributed by atoms with Gasteiger partial charge in [-0.1, -0.05) is 81.0 Å². The fraction of sp³-hybridized carbons (Fsp3) is 0.510. The summed E-state index contributed by atoms with van der Waals surface area (Å²) < 4.78 is 5.02. The van der Waals surface area contributed by atoms with Crippen molar-refractivity contribution in [3.63, 3.8) is 0 Å². The Morgan fingerprint density at radius 1 is 0.704 bits per heavy atom. The van der Waals surface area contributed by atoms with Gasteiger partial charge in [-0.25, -0.2) is 4.79 Å². The Labute approximate surface area is 431 Å². The molecule has 6 rings (SSSR count). The number of benzene rings is 2. The number of carbonyl (C=O) groups is 8. The number of aromatic amines is 2. The molecule has 0 spiro atoms. The third kappa shape index (κ3) is 14.3. The monoisotopic (exact) mass is 1060 g/mol. The van der Waals surface area contributed by atoms with E-state index in [0.717, 1.165) is 0 Å². The number of amides is 7. The van der Waals surface area contributed by atoms with Crippen LogP contribution in [0.1, 0.15) is 107 Å². The summed E-state index contributed by atoms with van der Waals surface area (Å²) in [6.45, 7) is 10.3. The number of ether oxygens (including phenoxy) is 1. The first-order valence-electron chi connectivity index (χ1n) is 23.4. The second-order valence-corrected chi connectivity index (χ2v) is 22.2. The molecule has 2 fully saturated rings. The lowest BCUT2D eigenvalue weighted by Crippen LogP contribution is -2.56. The molecule has 0 bridgehead atoms. The molecule has 0 saturated carbocycles. The summed E-state index contributed by atoms with van der Waals surface area (Å²) in [6, 6.07) is 4.48. The van der Waals surface area contributed by atoms with E-state index in [-0.39, 0.29) is 55.4 Å². The minimum atomic E-state index is -1.28. The third-order valence-electron chi connectivity index (χ3n) is 12.8. The van der Waals surface area contributed by atoms with Crippen LogP contribution in [0, 0.1) is 22.7 Å². The second-order valence-electron chi connectivity index (χ2n) is 20.5. The van der Waals surface area contributed by atoms with E-state index < -0.39 is 82.3 Å². The van der Waals surface area contributed by atoms with Crippen LogP contribution in [0.15, 0.2) is 36.4 Å². The summed E-state index contributed by atoms with van der Waals surface area (Å²) in [6.07, 6.45) is 2.11. The number of carbonyl (C=O) groups excluding carboxylic acids is 8. The largest absolute Gasteiger partial charge is 0.467 e. The van der Waals surface area contributed by atoms with Crippen molar-refractivity contribution >= 4 is 116 Å². The number of fused-ring (bicyclic) bond motifs is 2. The van der Waals surface area contributed by atoms with E-state index in [2.05, 4.69) is 36.6 Å². The van der Waals surface area contributed by atoms with Crippen LogP contribution < -0.4 is 32.3 Å². The van der Waals surface area contributed by atoms with Crippen LogP contribution in [-0.4, -0.2) is 113 Å². The van der Waals surface area contributed by atoms with Gasteiger partial charge in [0, 0.05) is 63.3 Å². The quantitative estimate of drug-likeness (QED) is 0.0498. The maximum absolute atomic E-state index is 14.3. The number of nitrogens with one attached hydrogen (secondary N) is 7. The average Bonchev–Trinajstić information content (AvgIpc) is 3.92. The van der Waals surface area contributed by atoms with Crippen molar-refractivity contribution < 1.29 is 43.1 Å². The van der Waals surface area contributed by atoms with Crippen molar-refractivity contribution in [2.45, 2.75) is 110 Å². The fourth-order valence-corrected chi connectivity index (χ4v) is 10.5. The number of aromatic nitrogens is 2. The van der Waals surface area contributed by atoms with Crippen molar-refractivity contribution in [2.75, 3.05) is 26.7 Å². The van der Waals surface area contributed by atoms with E-state index in [9.17, 15) is 38.4 Å². The van der Waals surface area contributed by atoms with Gasteiger partial charge in [-0.3, -0.25) is 33.6 Å². The highest BCUT2D eigenvalue weighted by Gasteiger charge is 2.40. The van der Waals surface area contributed by atoms with E-state index in [0.29, 0.717) is 80.7 Å². The molecule has 71 heavy (non-hydrogen) atoms. The van der Waals surface area contributed by atoms with E-state index in [4.69, 9.17) is 56.9 Å². The Hall–Kier alpha value is -5.56. The lowest BCUT2D eigenvalue weighted by Gasteiger charge is -2.39. The molecule has 2 aliphatic heterocycles. The Kier molecular flexibility index (Phi) is 17.7. The fourth-order valence-electron chi connectivity index (χ4n) is 9.37. The first kappa shape index (κ1) is 54.8. The van der Waals surface area contributed by atoms with Gasteiger partial charge in [0.15, 0.2) is 0 Å². The van der Waals surface area contributed by atoms with Gasteiger partial charge in [0.2, 0.25) is 29.5 Å². The zero-order valence-corrected chi connectivity index (χ0v) is 43.4. The zero-order valence-electron chi connectivity index (χ0n) is 40.4. The van der Waals surface area contributed by atoms with Crippen LogP contribution in [-0.2, 0) is 33.5 Å². The minimum Gasteiger partial charge on any atom is -0.467 e. The average molecular weight is 1060 g/mol. The summed E-state index contributed by atoms with van der Waals surface area (Å²) in [5.74, 6) is -6.16. The summed E-state index contributed by atoms with van der Waals surface area (Å²) in [7, 11) is 1.17. The molecule has 7 amide bonds. The number of piperidine rings is 2. The highest BCUT2D eigenvalue weighted by atomic mass is 35.5. The van der Waals surface area contributed by atoms with Crippen LogP contribution in [0.2, 0.25) is 20.1 Å². The maximum Gasteiger partial charge on any atom is 0.328 e. The molecule has 0 radical (unpaired) electrons. The first-order valence-corrected chi connectivity index (χ1v) is 24.9. The number of nitrogens with zero attached hydrogens (tertiary/aromatic N) is 1. The van der Waals surface area contributed by atoms with Gasteiger partial charge < -0.3 is 51.9 Å². The van der Waals surface area contributed by atoms with Gasteiger partial charge in [0.05, 0.1) is 17.2 Å². The number of primary amides is 1. The van der Waals surface area contributed by atoms with E-state index >= 15 is 0 Å². The topological polar surface area (TPSA) is 267 Å². The predicted octanol–water partition coefficient (Wildman–Crippen LogP) is 6.19. The SMILES string of the molecule is COC(=O)[C@H](C[C@@H]1CCCNC1=O)NC(=O)[C@H](CC(C)(C)CN1CCC[C@@H](C[C@H](NC(=O)[C@H](CC(C)(C)C)NC(=O)c2cc3c(Cl)cc(Cl)cc3[nH]2)C(N)=O)C1=O)NC(=O)c1cc2c(Cl)cc(Cl)cc2[nH]1. The van der Waals surface area contributed by atoms with Gasteiger partial charge in [-0.05, 0) is 98.6 Å². The number of likely N-dealkylation sites (tertiary alicyclic amines) is 1. The highest BCUT2D eigenvalue weighted by molar-refractivity contribution is 6.39. The number of halogens is 4. The van der Waals surface area contributed by atoms with Crippen LogP contribution in [0.3, 0.4) is 0 Å². The number of rotatable bonds is 19. The molecule has 2 aromatic carbocycles. The summed E-state index contributed by atoms with van der Waals surface area (Å²) in [4.78, 5) is 116. The van der Waals surface area contributed by atoms with Gasteiger partial charge in [-0.2, -0.15) is 0 Å². The summed E-state index contributed by atoms with van der Waals surface area (Å²) in [5.41, 5.74) is 5.74. The lowest BCUT2D eigenvalue weighted by atomic mass is 9.82. The molecule has 2 aliphatic rings. The first-order chi connectivity index (χ1) is 33.3. The van der Waals surface area contributed by atoms with Crippen LogP contribution in [0.5, 0.6) is 0 Å². The molecule has 384 valence electrons. The third-order valence-corrected chi connectivity index (χ3v) is 13.8. The van der Waals surface area contributed by atoms with Crippen molar-refractivity contribution in [3.8, 4) is 0 Å². The molecule has 18 nitrogen and oxygen atoms in total. The standard InChI is InChI=1S/C49H61Cl4N9O9/c1-48(2,3)21-38(60-42(65)35-19-28-30(52)15-26(50)17-32(28)56-35)44(67)58-34(40(54)63)14-25-10-8-12-62(46(25)69)23-49(4,5)22-39(61-43(66)36-20-29-31(53)16-27(51)18-33(29)57-36)45(68)59-37(47(70)71-6)13-24-9-7-11-55-41(24)64/h15-20,24-25,34,37-39,56-57H,7-14,21-23H2,1-6H3,(H2,54,63)(H,55,64)(H,58,67)(H,59,68)(H,60,65)(H,61,66)/t24-,25-,34-,37-,38-,39-/m0/s1. The van der Waals surface area contributed by atoms with Gasteiger partial charge in [0.25, 0.3) is 11.8 Å². The number of nitrogens with two attached hydrogens (primary N) is 1. The Morgan fingerprint density at radius 3 is 1.72 bits per heavy atom. The number of methoxy groups -OCH3 is 1. The number of hydrogen-bond donors (Lipinski definition) is 8. The molecule has 0 aliphatic carbocycles. The molecular formula is C49H61Cl4N9O9. The molecule has 4 aromatic rings. The Bertz CT molecular complexity index is 2720. The predicted molar refractivity (Wildman–Crippen MR) is 271 cm³/mol. The van der Waals surface area contributed by atoms with Crippen LogP contribution in [0.25, 0.3) is 21.8 Å². The number of esters is 1. The molecule has 22 heteroatoms. The van der Waals surface area contributed by atoms with E-state index in [1.165, 1.54) is 19.2 Å². The van der Waals surface area contributed by atoms with Crippen molar-refractivity contribution in [2.24, 2.45) is 28.4 Å². The number of H-pyrrole nitrogens is 2. The Morgan fingerprint density at radius 2 is 1.21 bits per heavy atom. The normalized spacial score (nSPS) is 18.3. The molecular weight excluding hydrogens is 1000 g/mol. The summed E-state index contributed by atoms with van der Waals surface area (Å²) >= 11 is 25.1. The smallest absolute Gasteiger partial charge is 0.328 e. The zero-order chi connectivity index (χ0) is 52.1. The van der Waals surface area contributed by atoms with Crippen molar-refractivity contribution in [1.29, 1.82) is 0 Å². The van der Waals surface area contributed by atoms with Crippen LogP contribution in [0.4, 0.5) is 0 Å². The lowest BCUT2D eigenvalue weighted by molar-refractivity contribution is -0.146. The second kappa shape index (κ2) is 22.9. The van der Waals surface area contributed by atoms with Gasteiger partial charge >= 0.3 is 5.97 Å².